The molecule has 1 unspecified atom stereocenters. The van der Waals surface area contributed by atoms with Crippen molar-refractivity contribution in [3.63, 3.8) is 0 Å². The fraction of sp³-hybridized carbons (Fsp3) is 0.538. The molecule has 1 aliphatic rings. The van der Waals surface area contributed by atoms with Gasteiger partial charge in [0.1, 0.15) is 5.82 Å². The molecule has 16 heavy (non-hydrogen) atoms. The first-order valence-electron chi connectivity index (χ1n) is 5.69. The molecule has 2 rings (SSSR count). The monoisotopic (exact) mass is 223 g/mol. The summed E-state index contributed by atoms with van der Waals surface area (Å²) in [6, 6.07) is 7.07. The second-order valence-corrected chi connectivity index (χ2v) is 4.84. The first kappa shape index (κ1) is 11.6. The summed E-state index contributed by atoms with van der Waals surface area (Å²) in [4.78, 5) is 0. The van der Waals surface area contributed by atoms with Crippen LogP contribution in [0.1, 0.15) is 25.8 Å². The summed E-state index contributed by atoms with van der Waals surface area (Å²) in [6.07, 6.45) is 1.05. The topological polar surface area (TPSA) is 21.3 Å². The molecule has 1 aliphatic heterocycles. The Morgan fingerprint density at radius 3 is 2.56 bits per heavy atom. The van der Waals surface area contributed by atoms with Crippen LogP contribution in [0.2, 0.25) is 0 Å². The van der Waals surface area contributed by atoms with Crippen LogP contribution in [0.4, 0.5) is 4.39 Å². The van der Waals surface area contributed by atoms with E-state index < -0.39 is 0 Å². The minimum Gasteiger partial charge on any atom is -0.380 e. The van der Waals surface area contributed by atoms with E-state index in [-0.39, 0.29) is 11.4 Å². The summed E-state index contributed by atoms with van der Waals surface area (Å²) < 4.78 is 18.2. The third kappa shape index (κ3) is 2.60. The Morgan fingerprint density at radius 2 is 2.00 bits per heavy atom. The second-order valence-electron chi connectivity index (χ2n) is 4.84. The molecule has 1 fully saturated rings. The molecule has 1 saturated heterocycles. The zero-order valence-electron chi connectivity index (χ0n) is 9.79. The molecule has 3 heteroatoms. The molecule has 1 aromatic carbocycles. The standard InChI is InChI=1S/C13H18FNO/c1-13(2,15-12-7-8-16-9-12)10-3-5-11(14)6-4-10/h3-6,12,15H,7-9H2,1-2H3. The Bertz CT molecular complexity index is 341. The van der Waals surface area contributed by atoms with E-state index in [1.54, 1.807) is 0 Å². The predicted molar refractivity (Wildman–Crippen MR) is 61.8 cm³/mol. The van der Waals surface area contributed by atoms with E-state index in [0.717, 1.165) is 25.2 Å². The van der Waals surface area contributed by atoms with E-state index in [1.165, 1.54) is 12.1 Å². The van der Waals surface area contributed by atoms with Crippen LogP contribution in [-0.2, 0) is 10.3 Å². The van der Waals surface area contributed by atoms with Crippen molar-refractivity contribution in [2.24, 2.45) is 0 Å². The van der Waals surface area contributed by atoms with Gasteiger partial charge in [0.05, 0.1) is 6.61 Å². The molecule has 1 N–H and O–H groups in total. The molecule has 88 valence electrons. The van der Waals surface area contributed by atoms with Crippen LogP contribution in [0.5, 0.6) is 0 Å². The highest BCUT2D eigenvalue weighted by atomic mass is 19.1. The highest BCUT2D eigenvalue weighted by Crippen LogP contribution is 2.22. The van der Waals surface area contributed by atoms with Crippen molar-refractivity contribution in [1.29, 1.82) is 0 Å². The van der Waals surface area contributed by atoms with E-state index in [4.69, 9.17) is 4.74 Å². The molecule has 2 nitrogen and oxygen atoms in total. The van der Waals surface area contributed by atoms with Crippen LogP contribution < -0.4 is 5.32 Å². The predicted octanol–water partition coefficient (Wildman–Crippen LogP) is 2.44. The Balaban J connectivity index is 2.07. The molecule has 0 aliphatic carbocycles. The molecule has 1 aromatic rings. The van der Waals surface area contributed by atoms with Crippen molar-refractivity contribution < 1.29 is 9.13 Å². The van der Waals surface area contributed by atoms with Crippen LogP contribution in [0, 0.1) is 5.82 Å². The Kier molecular flexibility index (Phi) is 3.26. The van der Waals surface area contributed by atoms with Crippen LogP contribution in [0.3, 0.4) is 0 Å². The van der Waals surface area contributed by atoms with Crippen LogP contribution in [-0.4, -0.2) is 19.3 Å². The highest BCUT2D eigenvalue weighted by Gasteiger charge is 2.26. The SMILES string of the molecule is CC(C)(NC1CCOC1)c1ccc(F)cc1. The van der Waals surface area contributed by atoms with Gasteiger partial charge >= 0.3 is 0 Å². The summed E-state index contributed by atoms with van der Waals surface area (Å²) >= 11 is 0. The smallest absolute Gasteiger partial charge is 0.123 e. The van der Waals surface area contributed by atoms with Gasteiger partial charge in [-0.3, -0.25) is 0 Å². The zero-order chi connectivity index (χ0) is 11.6. The van der Waals surface area contributed by atoms with Gasteiger partial charge in [0.25, 0.3) is 0 Å². The van der Waals surface area contributed by atoms with Gasteiger partial charge in [-0.15, -0.1) is 0 Å². The third-order valence-corrected chi connectivity index (χ3v) is 3.06. The maximum Gasteiger partial charge on any atom is 0.123 e. The highest BCUT2D eigenvalue weighted by molar-refractivity contribution is 5.23. The fourth-order valence-corrected chi connectivity index (χ4v) is 2.11. The number of benzene rings is 1. The maximum atomic E-state index is 12.8. The van der Waals surface area contributed by atoms with E-state index in [1.807, 2.05) is 12.1 Å². The maximum absolute atomic E-state index is 12.8. The van der Waals surface area contributed by atoms with Crippen molar-refractivity contribution in [2.75, 3.05) is 13.2 Å². The average Bonchev–Trinajstić information content (AvgIpc) is 2.70. The van der Waals surface area contributed by atoms with Gasteiger partial charge in [0.2, 0.25) is 0 Å². The first-order valence-corrected chi connectivity index (χ1v) is 5.69. The zero-order valence-corrected chi connectivity index (χ0v) is 9.79. The van der Waals surface area contributed by atoms with Gasteiger partial charge in [0.15, 0.2) is 0 Å². The van der Waals surface area contributed by atoms with Crippen molar-refractivity contribution in [2.45, 2.75) is 31.8 Å². The molecule has 0 bridgehead atoms. The molecule has 0 amide bonds. The van der Waals surface area contributed by atoms with Gasteiger partial charge in [-0.05, 0) is 38.0 Å². The summed E-state index contributed by atoms with van der Waals surface area (Å²) in [6.45, 7) is 5.82. The molecular formula is C13H18FNO. The van der Waals surface area contributed by atoms with Crippen LogP contribution in [0.15, 0.2) is 24.3 Å². The van der Waals surface area contributed by atoms with Gasteiger partial charge in [0, 0.05) is 18.2 Å². The number of hydrogen-bond acceptors (Lipinski definition) is 2. The fourth-order valence-electron chi connectivity index (χ4n) is 2.11. The molecule has 0 radical (unpaired) electrons. The molecule has 1 atom stereocenters. The van der Waals surface area contributed by atoms with Gasteiger partial charge < -0.3 is 10.1 Å². The summed E-state index contributed by atoms with van der Waals surface area (Å²) in [5, 5.41) is 3.54. The first-order chi connectivity index (χ1) is 7.58. The molecular weight excluding hydrogens is 205 g/mol. The lowest BCUT2D eigenvalue weighted by Gasteiger charge is -2.30. The minimum atomic E-state index is -0.191. The molecule has 0 saturated carbocycles. The summed E-state index contributed by atoms with van der Waals surface area (Å²) in [5.41, 5.74) is 0.951. The lowest BCUT2D eigenvalue weighted by atomic mass is 9.93. The Morgan fingerprint density at radius 1 is 1.31 bits per heavy atom. The normalized spacial score (nSPS) is 21.3. The Labute approximate surface area is 95.8 Å². The van der Waals surface area contributed by atoms with E-state index in [0.29, 0.717) is 6.04 Å². The number of hydrogen-bond donors (Lipinski definition) is 1. The van der Waals surface area contributed by atoms with Gasteiger partial charge in [-0.2, -0.15) is 0 Å². The van der Waals surface area contributed by atoms with Crippen molar-refractivity contribution in [3.8, 4) is 0 Å². The lowest BCUT2D eigenvalue weighted by Crippen LogP contribution is -2.44. The second kappa shape index (κ2) is 4.52. The number of ether oxygens (including phenoxy) is 1. The van der Waals surface area contributed by atoms with E-state index in [2.05, 4.69) is 19.2 Å². The van der Waals surface area contributed by atoms with Crippen LogP contribution in [0.25, 0.3) is 0 Å². The van der Waals surface area contributed by atoms with Gasteiger partial charge in [-0.1, -0.05) is 12.1 Å². The largest absolute Gasteiger partial charge is 0.380 e. The van der Waals surface area contributed by atoms with Crippen LogP contribution >= 0.6 is 0 Å². The summed E-state index contributed by atoms with van der Waals surface area (Å²) in [7, 11) is 0. The van der Waals surface area contributed by atoms with E-state index >= 15 is 0 Å². The molecule has 0 aromatic heterocycles. The minimum absolute atomic E-state index is 0.147. The van der Waals surface area contributed by atoms with Crippen molar-refractivity contribution in [1.82, 2.24) is 5.32 Å². The Hall–Kier alpha value is -0.930. The molecule has 1 heterocycles. The lowest BCUT2D eigenvalue weighted by molar-refractivity contribution is 0.183. The molecule has 0 spiro atoms. The quantitative estimate of drug-likeness (QED) is 0.849. The van der Waals surface area contributed by atoms with Crippen molar-refractivity contribution in [3.05, 3.63) is 35.6 Å². The van der Waals surface area contributed by atoms with Crippen molar-refractivity contribution >= 4 is 0 Å². The number of nitrogens with one attached hydrogen (secondary N) is 1. The van der Waals surface area contributed by atoms with E-state index in [9.17, 15) is 4.39 Å². The average molecular weight is 223 g/mol. The number of rotatable bonds is 3. The summed E-state index contributed by atoms with van der Waals surface area (Å²) in [5.74, 6) is -0.191. The van der Waals surface area contributed by atoms with Gasteiger partial charge in [-0.25, -0.2) is 4.39 Å². The number of halogens is 1. The third-order valence-electron chi connectivity index (χ3n) is 3.06.